The van der Waals surface area contributed by atoms with Crippen LogP contribution in [0.5, 0.6) is 0 Å². The molecule has 178 valence electrons. The summed E-state index contributed by atoms with van der Waals surface area (Å²) in [6, 6.07) is 18.5. The molecule has 3 aromatic carbocycles. The minimum Gasteiger partial charge on any atom is -0.350 e. The summed E-state index contributed by atoms with van der Waals surface area (Å²) in [5, 5.41) is 10.3. The maximum absolute atomic E-state index is 12.9. The Morgan fingerprint density at radius 2 is 1.49 bits per heavy atom. The van der Waals surface area contributed by atoms with Gasteiger partial charge >= 0.3 is 0 Å². The maximum Gasteiger partial charge on any atom is 0.283 e. The highest BCUT2D eigenvalue weighted by Crippen LogP contribution is 2.31. The summed E-state index contributed by atoms with van der Waals surface area (Å²) in [6.45, 7) is 1.79. The number of nitrogens with one attached hydrogen (secondary N) is 2. The van der Waals surface area contributed by atoms with Crippen molar-refractivity contribution >= 4 is 56.4 Å². The number of halogens is 1. The number of hydrogen-bond donors (Lipinski definition) is 3. The first-order valence-electron chi connectivity index (χ1n) is 10.2. The maximum atomic E-state index is 12.9. The third-order valence-corrected chi connectivity index (χ3v) is 6.52. The molecule has 0 unspecified atom stereocenters. The molecule has 9 nitrogen and oxygen atoms in total. The Bertz CT molecular complexity index is 1480. The van der Waals surface area contributed by atoms with Crippen LogP contribution in [0.25, 0.3) is 0 Å². The number of aryl methyl sites for hydroxylation is 1. The van der Waals surface area contributed by atoms with Crippen LogP contribution in [0.15, 0.2) is 88.4 Å². The molecular formula is C24H19ClN4O5S. The van der Waals surface area contributed by atoms with Gasteiger partial charge in [-0.1, -0.05) is 29.8 Å². The molecule has 0 bridgehead atoms. The monoisotopic (exact) mass is 510 g/mol. The Morgan fingerprint density at radius 1 is 0.886 bits per heavy atom. The molecule has 0 aliphatic carbocycles. The topological polar surface area (TPSA) is 139 Å². The van der Waals surface area contributed by atoms with E-state index in [-0.39, 0.29) is 15.6 Å². The van der Waals surface area contributed by atoms with Crippen molar-refractivity contribution in [1.82, 2.24) is 0 Å². The average molecular weight is 511 g/mol. The second-order valence-corrected chi connectivity index (χ2v) is 9.59. The van der Waals surface area contributed by atoms with Crippen molar-refractivity contribution in [2.75, 3.05) is 15.5 Å². The second kappa shape index (κ2) is 9.34. The molecule has 0 saturated heterocycles. The van der Waals surface area contributed by atoms with Crippen LogP contribution in [0.1, 0.15) is 15.9 Å². The first kappa shape index (κ1) is 24.1. The van der Waals surface area contributed by atoms with Crippen molar-refractivity contribution in [2.45, 2.75) is 11.8 Å². The van der Waals surface area contributed by atoms with E-state index in [0.29, 0.717) is 22.6 Å². The minimum absolute atomic E-state index is 0.0629. The van der Waals surface area contributed by atoms with Gasteiger partial charge < -0.3 is 10.6 Å². The lowest BCUT2D eigenvalue weighted by atomic mass is 10.1. The van der Waals surface area contributed by atoms with Gasteiger partial charge in [0.1, 0.15) is 10.7 Å². The zero-order valence-corrected chi connectivity index (χ0v) is 19.9. The molecule has 0 fully saturated rings. The number of carbonyl (C=O) groups is 3. The van der Waals surface area contributed by atoms with Crippen LogP contribution in [0.3, 0.4) is 0 Å². The largest absolute Gasteiger partial charge is 0.350 e. The van der Waals surface area contributed by atoms with Crippen LogP contribution in [-0.4, -0.2) is 26.1 Å². The Balaban J connectivity index is 1.46. The number of para-hydroxylation sites is 1. The van der Waals surface area contributed by atoms with Gasteiger partial charge in [0.05, 0.1) is 10.6 Å². The summed E-state index contributed by atoms with van der Waals surface area (Å²) in [6.07, 6.45) is 0. The van der Waals surface area contributed by atoms with Gasteiger partial charge in [0.15, 0.2) is 0 Å². The van der Waals surface area contributed by atoms with Crippen molar-refractivity contribution in [3.63, 3.8) is 0 Å². The van der Waals surface area contributed by atoms with Crippen molar-refractivity contribution in [3.8, 4) is 0 Å². The van der Waals surface area contributed by atoms with Gasteiger partial charge in [-0.25, -0.2) is 18.5 Å². The summed E-state index contributed by atoms with van der Waals surface area (Å²) in [5.41, 5.74) is 2.26. The van der Waals surface area contributed by atoms with Crippen LogP contribution < -0.4 is 20.7 Å². The van der Waals surface area contributed by atoms with Crippen molar-refractivity contribution in [3.05, 3.63) is 94.7 Å². The lowest BCUT2D eigenvalue weighted by molar-refractivity contribution is -0.120. The molecule has 0 aromatic heterocycles. The molecule has 4 rings (SSSR count). The van der Waals surface area contributed by atoms with Gasteiger partial charge in [0.25, 0.3) is 17.7 Å². The first-order chi connectivity index (χ1) is 16.6. The van der Waals surface area contributed by atoms with Gasteiger partial charge in [0, 0.05) is 16.9 Å². The zero-order chi connectivity index (χ0) is 25.3. The molecule has 1 heterocycles. The molecule has 3 amide bonds. The van der Waals surface area contributed by atoms with Crippen LogP contribution in [0.4, 0.5) is 17.1 Å². The zero-order valence-electron chi connectivity index (χ0n) is 18.3. The fourth-order valence-corrected chi connectivity index (χ4v) is 4.15. The van der Waals surface area contributed by atoms with Crippen molar-refractivity contribution in [2.24, 2.45) is 5.14 Å². The SMILES string of the molecule is Cc1ccccc1N1C(=O)C(Cl)=C(Nc2ccc(C(=O)Nc3ccc(S(N)(=O)=O)cc3)cc2)C1=O. The summed E-state index contributed by atoms with van der Waals surface area (Å²) >= 11 is 6.18. The normalized spacial score (nSPS) is 13.9. The number of nitrogens with zero attached hydrogens (tertiary/aromatic N) is 1. The summed E-state index contributed by atoms with van der Waals surface area (Å²) in [7, 11) is -3.83. The van der Waals surface area contributed by atoms with Crippen LogP contribution in [0, 0.1) is 6.92 Å². The van der Waals surface area contributed by atoms with E-state index < -0.39 is 27.7 Å². The Hall–Kier alpha value is -3.99. The van der Waals surface area contributed by atoms with E-state index >= 15 is 0 Å². The van der Waals surface area contributed by atoms with Crippen LogP contribution in [-0.2, 0) is 19.6 Å². The lowest BCUT2D eigenvalue weighted by Crippen LogP contribution is -2.32. The molecule has 3 aromatic rings. The number of imide groups is 1. The molecule has 1 aliphatic rings. The van der Waals surface area contributed by atoms with E-state index in [0.717, 1.165) is 10.5 Å². The van der Waals surface area contributed by atoms with E-state index in [2.05, 4.69) is 10.6 Å². The number of nitrogens with two attached hydrogens (primary N) is 1. The number of amides is 3. The van der Waals surface area contributed by atoms with E-state index in [4.69, 9.17) is 16.7 Å². The number of hydrogen-bond acceptors (Lipinski definition) is 6. The quantitative estimate of drug-likeness (QED) is 0.435. The number of anilines is 3. The van der Waals surface area contributed by atoms with E-state index in [1.54, 1.807) is 43.3 Å². The predicted molar refractivity (Wildman–Crippen MR) is 132 cm³/mol. The fourth-order valence-electron chi connectivity index (χ4n) is 3.42. The van der Waals surface area contributed by atoms with E-state index in [1.807, 2.05) is 0 Å². The second-order valence-electron chi connectivity index (χ2n) is 7.65. The van der Waals surface area contributed by atoms with Crippen LogP contribution >= 0.6 is 11.6 Å². The highest BCUT2D eigenvalue weighted by Gasteiger charge is 2.39. The molecule has 0 spiro atoms. The molecule has 0 saturated carbocycles. The standard InChI is InChI=1S/C24H19ClN4O5S/c1-14-4-2-3-5-19(14)29-23(31)20(25)21(24(29)32)27-16-8-6-15(7-9-16)22(30)28-17-10-12-18(13-11-17)35(26,33)34/h2-13,27H,1H3,(H,28,30)(H2,26,33,34). The van der Waals surface area contributed by atoms with Gasteiger partial charge in [-0.2, -0.15) is 0 Å². The fraction of sp³-hybridized carbons (Fsp3) is 0.0417. The minimum atomic E-state index is -3.83. The van der Waals surface area contributed by atoms with Crippen molar-refractivity contribution in [1.29, 1.82) is 0 Å². The van der Waals surface area contributed by atoms with E-state index in [9.17, 15) is 22.8 Å². The first-order valence-corrected chi connectivity index (χ1v) is 12.1. The average Bonchev–Trinajstić information content (AvgIpc) is 3.03. The molecule has 4 N–H and O–H groups in total. The molecule has 11 heteroatoms. The third kappa shape index (κ3) is 4.94. The Labute approximate surface area is 206 Å². The Kier molecular flexibility index (Phi) is 6.44. The number of rotatable bonds is 6. The molecule has 0 radical (unpaired) electrons. The number of primary sulfonamides is 1. The van der Waals surface area contributed by atoms with Crippen LogP contribution in [0.2, 0.25) is 0 Å². The smallest absolute Gasteiger partial charge is 0.283 e. The Morgan fingerprint density at radius 3 is 2.09 bits per heavy atom. The van der Waals surface area contributed by atoms with Gasteiger partial charge in [-0.3, -0.25) is 14.4 Å². The summed E-state index contributed by atoms with van der Waals surface area (Å²) in [4.78, 5) is 39.0. The highest BCUT2D eigenvalue weighted by atomic mass is 35.5. The predicted octanol–water partition coefficient (Wildman–Crippen LogP) is 3.33. The number of sulfonamides is 1. The van der Waals surface area contributed by atoms with Gasteiger partial charge in [-0.15, -0.1) is 0 Å². The molecule has 1 aliphatic heterocycles. The molecule has 0 atom stereocenters. The summed E-state index contributed by atoms with van der Waals surface area (Å²) < 4.78 is 22.7. The van der Waals surface area contributed by atoms with Crippen molar-refractivity contribution < 1.29 is 22.8 Å². The molecular weight excluding hydrogens is 492 g/mol. The summed E-state index contributed by atoms with van der Waals surface area (Å²) in [5.74, 6) is -1.65. The third-order valence-electron chi connectivity index (χ3n) is 5.24. The molecule has 35 heavy (non-hydrogen) atoms. The highest BCUT2D eigenvalue weighted by molar-refractivity contribution is 7.89. The van der Waals surface area contributed by atoms with Gasteiger partial charge in [0.2, 0.25) is 10.0 Å². The lowest BCUT2D eigenvalue weighted by Gasteiger charge is -2.17. The number of carbonyl (C=O) groups excluding carboxylic acids is 3. The number of benzene rings is 3. The van der Waals surface area contributed by atoms with Gasteiger partial charge in [-0.05, 0) is 67.1 Å². The van der Waals surface area contributed by atoms with E-state index in [1.165, 1.54) is 36.4 Å².